The topological polar surface area (TPSA) is 82.4 Å². The van der Waals surface area contributed by atoms with Crippen LogP contribution in [0.3, 0.4) is 0 Å². The minimum Gasteiger partial charge on any atom is -0.465 e. The molecule has 0 unspecified atom stereocenters. The van der Waals surface area contributed by atoms with Gasteiger partial charge in [0.25, 0.3) is 0 Å². The second-order valence-corrected chi connectivity index (χ2v) is 8.22. The van der Waals surface area contributed by atoms with Gasteiger partial charge in [-0.25, -0.2) is 4.39 Å². The van der Waals surface area contributed by atoms with Gasteiger partial charge in [0.1, 0.15) is 16.9 Å². The number of halogens is 1. The highest BCUT2D eigenvalue weighted by Gasteiger charge is 2.23. The van der Waals surface area contributed by atoms with Crippen LogP contribution in [0.15, 0.2) is 24.3 Å². The van der Waals surface area contributed by atoms with Crippen molar-refractivity contribution < 1.29 is 18.7 Å². The summed E-state index contributed by atoms with van der Waals surface area (Å²) >= 11 is 1.48. The van der Waals surface area contributed by atoms with Gasteiger partial charge >= 0.3 is 5.97 Å². The smallest absolute Gasteiger partial charge is 0.320 e. The third-order valence-corrected chi connectivity index (χ3v) is 6.13. The maximum Gasteiger partial charge on any atom is 0.320 e. The molecule has 0 bridgehead atoms. The molecule has 6 nitrogen and oxygen atoms in total. The third-order valence-electron chi connectivity index (χ3n) is 4.92. The quantitative estimate of drug-likeness (QED) is 0.616. The van der Waals surface area contributed by atoms with Gasteiger partial charge in [-0.3, -0.25) is 14.5 Å². The molecule has 0 fully saturated rings. The number of nitriles is 1. The number of hydrogen-bond acceptors (Lipinski definition) is 6. The van der Waals surface area contributed by atoms with E-state index < -0.39 is 0 Å². The Kier molecular flexibility index (Phi) is 7.55. The molecule has 1 aromatic heterocycles. The van der Waals surface area contributed by atoms with Crippen LogP contribution in [0.2, 0.25) is 0 Å². The fourth-order valence-corrected chi connectivity index (χ4v) is 4.77. The molecule has 1 aliphatic carbocycles. The standard InChI is InChI=1S/C22H24FN3O3S/c1-2-29-21(28)14-26(13-15-6-8-16(23)9-7-15)11-10-20(27)25-22-18(12-24)17-4-3-5-19(17)30-22/h6-9H,2-5,10-11,13-14H2,1H3,(H,25,27). The van der Waals surface area contributed by atoms with Crippen molar-refractivity contribution >= 4 is 28.2 Å². The first-order valence-corrected chi connectivity index (χ1v) is 10.8. The van der Waals surface area contributed by atoms with Gasteiger partial charge in [0, 0.05) is 24.4 Å². The first kappa shape index (κ1) is 21.9. The van der Waals surface area contributed by atoms with E-state index in [1.54, 1.807) is 24.0 Å². The predicted molar refractivity (Wildman–Crippen MR) is 113 cm³/mol. The molecule has 1 aromatic carbocycles. The number of hydrogen-bond donors (Lipinski definition) is 1. The molecule has 0 saturated carbocycles. The van der Waals surface area contributed by atoms with Crippen molar-refractivity contribution in [3.05, 3.63) is 51.7 Å². The number of nitrogens with one attached hydrogen (secondary N) is 1. The molecule has 1 heterocycles. The molecule has 0 saturated heterocycles. The molecule has 158 valence electrons. The summed E-state index contributed by atoms with van der Waals surface area (Å²) in [5, 5.41) is 12.9. The molecule has 30 heavy (non-hydrogen) atoms. The van der Waals surface area contributed by atoms with Gasteiger partial charge in [0.05, 0.1) is 18.7 Å². The predicted octanol–water partition coefficient (Wildman–Crippen LogP) is 3.64. The zero-order chi connectivity index (χ0) is 21.5. The number of carbonyl (C=O) groups excluding carboxylic acids is 2. The fraction of sp³-hybridized carbons (Fsp3) is 0.409. The van der Waals surface area contributed by atoms with E-state index in [1.807, 2.05) is 0 Å². The number of anilines is 1. The molecular formula is C22H24FN3O3S. The second-order valence-electron chi connectivity index (χ2n) is 7.11. The minimum absolute atomic E-state index is 0.0369. The molecule has 0 aliphatic heterocycles. The molecule has 0 radical (unpaired) electrons. The van der Waals surface area contributed by atoms with Crippen molar-refractivity contribution in [3.8, 4) is 6.07 Å². The lowest BCUT2D eigenvalue weighted by Crippen LogP contribution is -2.33. The zero-order valence-electron chi connectivity index (χ0n) is 16.9. The maximum atomic E-state index is 13.2. The summed E-state index contributed by atoms with van der Waals surface area (Å²) < 4.78 is 18.2. The van der Waals surface area contributed by atoms with Crippen molar-refractivity contribution in [2.45, 2.75) is 39.2 Å². The number of rotatable bonds is 9. The summed E-state index contributed by atoms with van der Waals surface area (Å²) in [6, 6.07) is 8.25. The highest BCUT2D eigenvalue weighted by molar-refractivity contribution is 7.16. The van der Waals surface area contributed by atoms with Crippen LogP contribution in [0.25, 0.3) is 0 Å². The Morgan fingerprint density at radius 2 is 2.07 bits per heavy atom. The lowest BCUT2D eigenvalue weighted by Gasteiger charge is -2.21. The number of thiophene rings is 1. The molecule has 1 amide bonds. The number of fused-ring (bicyclic) bond motifs is 1. The van der Waals surface area contributed by atoms with Crippen molar-refractivity contribution in [2.75, 3.05) is 25.0 Å². The Balaban J connectivity index is 1.61. The zero-order valence-corrected chi connectivity index (χ0v) is 17.7. The Morgan fingerprint density at radius 1 is 1.30 bits per heavy atom. The van der Waals surface area contributed by atoms with E-state index in [4.69, 9.17) is 4.74 Å². The van der Waals surface area contributed by atoms with Gasteiger partial charge < -0.3 is 10.1 Å². The van der Waals surface area contributed by atoms with E-state index in [0.29, 0.717) is 23.7 Å². The van der Waals surface area contributed by atoms with Crippen LogP contribution >= 0.6 is 11.3 Å². The van der Waals surface area contributed by atoms with Crippen LogP contribution < -0.4 is 5.32 Å². The number of carbonyl (C=O) groups is 2. The number of benzene rings is 1. The van der Waals surface area contributed by atoms with Crippen molar-refractivity contribution in [1.82, 2.24) is 4.90 Å². The third kappa shape index (κ3) is 5.65. The van der Waals surface area contributed by atoms with E-state index in [9.17, 15) is 19.2 Å². The molecule has 0 spiro atoms. The Bertz CT molecular complexity index is 950. The highest BCUT2D eigenvalue weighted by atomic mass is 32.1. The molecule has 1 aliphatic rings. The normalized spacial score (nSPS) is 12.5. The SMILES string of the molecule is CCOC(=O)CN(CCC(=O)Nc1sc2c(c1C#N)CCC2)Cc1ccc(F)cc1. The van der Waals surface area contributed by atoms with Crippen LogP contribution in [0.5, 0.6) is 0 Å². The summed E-state index contributed by atoms with van der Waals surface area (Å²) in [5.74, 6) is -0.910. The average molecular weight is 430 g/mol. The first-order chi connectivity index (χ1) is 14.5. The van der Waals surface area contributed by atoms with Crippen molar-refractivity contribution in [3.63, 3.8) is 0 Å². The van der Waals surface area contributed by atoms with E-state index in [-0.39, 0.29) is 37.3 Å². The molecular weight excluding hydrogens is 405 g/mol. The van der Waals surface area contributed by atoms with Crippen molar-refractivity contribution in [2.24, 2.45) is 0 Å². The Labute approximate surface area is 179 Å². The fourth-order valence-electron chi connectivity index (χ4n) is 3.51. The highest BCUT2D eigenvalue weighted by Crippen LogP contribution is 2.38. The molecule has 8 heteroatoms. The summed E-state index contributed by atoms with van der Waals surface area (Å²) in [5.41, 5.74) is 2.48. The van der Waals surface area contributed by atoms with E-state index in [0.717, 1.165) is 30.4 Å². The van der Waals surface area contributed by atoms with E-state index >= 15 is 0 Å². The molecule has 2 aromatic rings. The summed E-state index contributed by atoms with van der Waals surface area (Å²) in [7, 11) is 0. The lowest BCUT2D eigenvalue weighted by molar-refractivity contribution is -0.144. The van der Waals surface area contributed by atoms with Gasteiger partial charge in [-0.15, -0.1) is 11.3 Å². The van der Waals surface area contributed by atoms with Gasteiger partial charge in [-0.1, -0.05) is 12.1 Å². The molecule has 3 rings (SSSR count). The van der Waals surface area contributed by atoms with E-state index in [1.165, 1.54) is 28.3 Å². The second kappa shape index (κ2) is 10.3. The Hall–Kier alpha value is -2.76. The number of aryl methyl sites for hydroxylation is 1. The number of ether oxygens (including phenoxy) is 1. The number of nitrogens with zero attached hydrogens (tertiary/aromatic N) is 2. The summed E-state index contributed by atoms with van der Waals surface area (Å²) in [6.07, 6.45) is 3.05. The number of esters is 1. The lowest BCUT2D eigenvalue weighted by atomic mass is 10.1. The largest absolute Gasteiger partial charge is 0.465 e. The Morgan fingerprint density at radius 3 is 2.77 bits per heavy atom. The van der Waals surface area contributed by atoms with Gasteiger partial charge in [0.2, 0.25) is 5.91 Å². The minimum atomic E-state index is -0.374. The van der Waals surface area contributed by atoms with Gasteiger partial charge in [0.15, 0.2) is 0 Å². The van der Waals surface area contributed by atoms with Crippen LogP contribution in [0, 0.1) is 17.1 Å². The van der Waals surface area contributed by atoms with Crippen LogP contribution in [-0.4, -0.2) is 36.5 Å². The average Bonchev–Trinajstić information content (AvgIpc) is 3.28. The first-order valence-electron chi connectivity index (χ1n) is 9.97. The number of amides is 1. The van der Waals surface area contributed by atoms with Gasteiger partial charge in [-0.05, 0) is 49.4 Å². The van der Waals surface area contributed by atoms with Crippen molar-refractivity contribution in [1.29, 1.82) is 5.26 Å². The maximum absolute atomic E-state index is 13.2. The van der Waals surface area contributed by atoms with Crippen LogP contribution in [0.4, 0.5) is 9.39 Å². The molecule has 1 N–H and O–H groups in total. The summed E-state index contributed by atoms with van der Waals surface area (Å²) in [6.45, 7) is 2.78. The monoisotopic (exact) mass is 429 g/mol. The van der Waals surface area contributed by atoms with Crippen LogP contribution in [-0.2, 0) is 33.7 Å². The van der Waals surface area contributed by atoms with Crippen LogP contribution in [0.1, 0.15) is 41.3 Å². The summed E-state index contributed by atoms with van der Waals surface area (Å²) in [4.78, 5) is 27.4. The van der Waals surface area contributed by atoms with Gasteiger partial charge in [-0.2, -0.15) is 5.26 Å². The molecule has 0 atom stereocenters. The van der Waals surface area contributed by atoms with E-state index in [2.05, 4.69) is 11.4 Å².